The Morgan fingerprint density at radius 2 is 2.00 bits per heavy atom. The Morgan fingerprint density at radius 3 is 2.55 bits per heavy atom. The van der Waals surface area contributed by atoms with Crippen LogP contribution in [0.5, 0.6) is 0 Å². The van der Waals surface area contributed by atoms with Crippen LogP contribution in [0.4, 0.5) is 13.2 Å². The highest BCUT2D eigenvalue weighted by molar-refractivity contribution is 7.89. The van der Waals surface area contributed by atoms with Crippen molar-refractivity contribution in [3.8, 4) is 0 Å². The van der Waals surface area contributed by atoms with Crippen LogP contribution in [0.2, 0.25) is 5.02 Å². The number of alkyl halides is 3. The largest absolute Gasteiger partial charge is 0.480 e. The second-order valence-corrected chi connectivity index (χ2v) is 7.05. The lowest BCUT2D eigenvalue weighted by molar-refractivity contribution is -0.140. The molecule has 0 aliphatic carbocycles. The van der Waals surface area contributed by atoms with Crippen molar-refractivity contribution in [1.29, 1.82) is 0 Å². The fraction of sp³-hybridized carbons (Fsp3) is 0.417. The van der Waals surface area contributed by atoms with Gasteiger partial charge in [0.15, 0.2) is 0 Å². The van der Waals surface area contributed by atoms with Gasteiger partial charge in [0.2, 0.25) is 10.0 Å². The summed E-state index contributed by atoms with van der Waals surface area (Å²) >= 11 is 5.51. The van der Waals surface area contributed by atoms with Crippen LogP contribution in [0.1, 0.15) is 18.4 Å². The van der Waals surface area contributed by atoms with Crippen molar-refractivity contribution >= 4 is 27.6 Å². The molecule has 122 valence electrons. The second kappa shape index (κ2) is 5.71. The van der Waals surface area contributed by atoms with Crippen molar-refractivity contribution in [3.63, 3.8) is 0 Å². The molecular formula is C12H11ClF3NO4S. The molecule has 22 heavy (non-hydrogen) atoms. The van der Waals surface area contributed by atoms with Gasteiger partial charge in [-0.3, -0.25) is 4.79 Å². The van der Waals surface area contributed by atoms with Gasteiger partial charge in [-0.1, -0.05) is 11.6 Å². The molecule has 1 N–H and O–H groups in total. The summed E-state index contributed by atoms with van der Waals surface area (Å²) in [5.74, 6) is -1.39. The molecule has 0 amide bonds. The number of hydrogen-bond donors (Lipinski definition) is 1. The third-order valence-corrected chi connectivity index (χ3v) is 5.52. The normalized spacial score (nSPS) is 20.3. The summed E-state index contributed by atoms with van der Waals surface area (Å²) < 4.78 is 64.6. The number of halogens is 4. The maximum absolute atomic E-state index is 13.0. The van der Waals surface area contributed by atoms with Crippen LogP contribution in [-0.4, -0.2) is 36.4 Å². The summed E-state index contributed by atoms with van der Waals surface area (Å²) in [4.78, 5) is 10.1. The third kappa shape index (κ3) is 3.06. The number of carbonyl (C=O) groups is 1. The monoisotopic (exact) mass is 357 g/mol. The van der Waals surface area contributed by atoms with E-state index in [1.54, 1.807) is 0 Å². The van der Waals surface area contributed by atoms with Gasteiger partial charge >= 0.3 is 12.1 Å². The van der Waals surface area contributed by atoms with Crippen molar-refractivity contribution in [2.24, 2.45) is 0 Å². The summed E-state index contributed by atoms with van der Waals surface area (Å²) in [5, 5.41) is 8.76. The zero-order valence-corrected chi connectivity index (χ0v) is 12.5. The first-order valence-electron chi connectivity index (χ1n) is 6.16. The number of sulfonamides is 1. The average molecular weight is 358 g/mol. The molecule has 1 aliphatic heterocycles. The van der Waals surface area contributed by atoms with Crippen molar-refractivity contribution < 1.29 is 31.5 Å². The van der Waals surface area contributed by atoms with E-state index in [2.05, 4.69) is 0 Å². The summed E-state index contributed by atoms with van der Waals surface area (Å²) in [6.07, 6.45) is -4.60. The van der Waals surface area contributed by atoms with Gasteiger partial charge in [0.25, 0.3) is 0 Å². The number of nitrogens with zero attached hydrogens (tertiary/aromatic N) is 1. The minimum atomic E-state index is -4.92. The SMILES string of the molecule is O=C(O)[C@@H]1CCCN1S(=O)(=O)c1ccc(Cl)cc1C(F)(F)F. The summed E-state index contributed by atoms with van der Waals surface area (Å²) in [6, 6.07) is 0.926. The Hall–Kier alpha value is -1.32. The van der Waals surface area contributed by atoms with E-state index >= 15 is 0 Å². The number of hydrogen-bond acceptors (Lipinski definition) is 3. The molecule has 0 aromatic heterocycles. The smallest absolute Gasteiger partial charge is 0.417 e. The summed E-state index contributed by atoms with van der Waals surface area (Å²) in [7, 11) is -4.59. The van der Waals surface area contributed by atoms with Crippen LogP contribution in [-0.2, 0) is 21.0 Å². The quantitative estimate of drug-likeness (QED) is 0.902. The highest BCUT2D eigenvalue weighted by Crippen LogP contribution is 2.38. The van der Waals surface area contributed by atoms with Gasteiger partial charge in [-0.05, 0) is 31.0 Å². The molecule has 1 aromatic rings. The maximum atomic E-state index is 13.0. The van der Waals surface area contributed by atoms with Gasteiger partial charge in [-0.25, -0.2) is 8.42 Å². The summed E-state index contributed by atoms with van der Waals surface area (Å²) in [5.41, 5.74) is -1.41. The van der Waals surface area contributed by atoms with E-state index in [1.807, 2.05) is 0 Å². The van der Waals surface area contributed by atoms with Crippen LogP contribution in [0.25, 0.3) is 0 Å². The van der Waals surface area contributed by atoms with Gasteiger partial charge in [0.05, 0.1) is 10.5 Å². The lowest BCUT2D eigenvalue weighted by Gasteiger charge is -2.23. The molecule has 10 heteroatoms. The van der Waals surface area contributed by atoms with E-state index in [9.17, 15) is 26.4 Å². The lowest BCUT2D eigenvalue weighted by atomic mass is 10.2. The molecule has 1 atom stereocenters. The maximum Gasteiger partial charge on any atom is 0.417 e. The molecule has 1 saturated heterocycles. The van der Waals surface area contributed by atoms with Gasteiger partial charge in [-0.15, -0.1) is 0 Å². The van der Waals surface area contributed by atoms with E-state index in [1.165, 1.54) is 0 Å². The average Bonchev–Trinajstić information content (AvgIpc) is 2.87. The Morgan fingerprint density at radius 1 is 1.36 bits per heavy atom. The zero-order valence-electron chi connectivity index (χ0n) is 11.0. The fourth-order valence-electron chi connectivity index (χ4n) is 2.35. The minimum absolute atomic E-state index is 0.0590. The fourth-order valence-corrected chi connectivity index (χ4v) is 4.37. The molecule has 1 heterocycles. The number of rotatable bonds is 3. The predicted octanol–water partition coefficient (Wildman–Crippen LogP) is 2.60. The third-order valence-electron chi connectivity index (χ3n) is 3.32. The minimum Gasteiger partial charge on any atom is -0.480 e. The van der Waals surface area contributed by atoms with Crippen molar-refractivity contribution in [2.75, 3.05) is 6.54 Å². The van der Waals surface area contributed by atoms with E-state index in [-0.39, 0.29) is 24.4 Å². The number of aliphatic carboxylic acids is 1. The molecule has 0 bridgehead atoms. The number of benzene rings is 1. The van der Waals surface area contributed by atoms with Crippen molar-refractivity contribution in [1.82, 2.24) is 4.31 Å². The highest BCUT2D eigenvalue weighted by atomic mass is 35.5. The van der Waals surface area contributed by atoms with Crippen LogP contribution >= 0.6 is 11.6 Å². The van der Waals surface area contributed by atoms with Gasteiger partial charge in [-0.2, -0.15) is 17.5 Å². The molecular weight excluding hydrogens is 347 g/mol. The standard InChI is InChI=1S/C12H11ClF3NO4S/c13-7-3-4-10(8(6-7)12(14,15)16)22(20,21)17-5-1-2-9(17)11(18)19/h3-4,6,9H,1-2,5H2,(H,18,19)/t9-/m0/s1. The van der Waals surface area contributed by atoms with Gasteiger partial charge < -0.3 is 5.11 Å². The molecule has 1 aliphatic rings. The first-order valence-corrected chi connectivity index (χ1v) is 7.98. The Labute approximate surface area is 129 Å². The van der Waals surface area contributed by atoms with E-state index < -0.39 is 38.7 Å². The highest BCUT2D eigenvalue weighted by Gasteiger charge is 2.44. The van der Waals surface area contributed by atoms with Crippen LogP contribution in [0, 0.1) is 0 Å². The Balaban J connectivity index is 2.58. The molecule has 0 unspecified atom stereocenters. The van der Waals surface area contributed by atoms with Crippen LogP contribution < -0.4 is 0 Å². The van der Waals surface area contributed by atoms with Crippen LogP contribution in [0.3, 0.4) is 0 Å². The number of carboxylic acid groups (broad SMARTS) is 1. The summed E-state index contributed by atoms with van der Waals surface area (Å²) in [6.45, 7) is -0.140. The molecule has 0 radical (unpaired) electrons. The topological polar surface area (TPSA) is 74.7 Å². The second-order valence-electron chi connectivity index (χ2n) is 4.75. The Kier molecular flexibility index (Phi) is 4.42. The Bertz CT molecular complexity index is 705. The van der Waals surface area contributed by atoms with Gasteiger partial charge in [0, 0.05) is 11.6 Å². The van der Waals surface area contributed by atoms with Crippen molar-refractivity contribution in [3.05, 3.63) is 28.8 Å². The van der Waals surface area contributed by atoms with E-state index in [0.29, 0.717) is 10.4 Å². The number of carboxylic acids is 1. The van der Waals surface area contributed by atoms with Crippen molar-refractivity contribution in [2.45, 2.75) is 30.0 Å². The molecule has 1 aromatic carbocycles. The molecule has 5 nitrogen and oxygen atoms in total. The molecule has 0 saturated carbocycles. The zero-order chi connectivity index (χ0) is 16.7. The predicted molar refractivity (Wildman–Crippen MR) is 71.0 cm³/mol. The van der Waals surface area contributed by atoms with Crippen LogP contribution in [0.15, 0.2) is 23.1 Å². The van der Waals surface area contributed by atoms with E-state index in [4.69, 9.17) is 16.7 Å². The first-order chi connectivity index (χ1) is 10.0. The van der Waals surface area contributed by atoms with Gasteiger partial charge in [0.1, 0.15) is 6.04 Å². The molecule has 0 spiro atoms. The lowest BCUT2D eigenvalue weighted by Crippen LogP contribution is -2.41. The van der Waals surface area contributed by atoms with E-state index in [0.717, 1.165) is 12.1 Å². The molecule has 1 fully saturated rings. The molecule has 2 rings (SSSR count). The first kappa shape index (κ1) is 17.0.